The number of aliphatic hydroxyl groups is 1. The number of aliphatic hydroxyl groups excluding tert-OH is 1. The molecule has 30 heavy (non-hydrogen) atoms. The van der Waals surface area contributed by atoms with E-state index in [0.29, 0.717) is 23.9 Å². The molecule has 2 heterocycles. The average molecular weight is 414 g/mol. The van der Waals surface area contributed by atoms with E-state index in [9.17, 15) is 9.90 Å². The van der Waals surface area contributed by atoms with Gasteiger partial charge >= 0.3 is 0 Å². The molecule has 1 aliphatic heterocycles. The second-order valence-corrected chi connectivity index (χ2v) is 9.07. The van der Waals surface area contributed by atoms with E-state index in [1.165, 1.54) is 19.3 Å². The molecule has 2 aliphatic rings. The van der Waals surface area contributed by atoms with Crippen LogP contribution in [0.1, 0.15) is 61.9 Å². The number of fused-ring (bicyclic) bond motifs is 1. The fourth-order valence-corrected chi connectivity index (χ4v) is 4.18. The number of likely N-dealkylation sites (N-methyl/N-ethyl adjacent to an activating group) is 1. The molecule has 1 fully saturated rings. The Bertz CT molecular complexity index is 793. The summed E-state index contributed by atoms with van der Waals surface area (Å²) in [6.45, 7) is 5.11. The van der Waals surface area contributed by atoms with Crippen molar-refractivity contribution in [3.63, 3.8) is 0 Å². The van der Waals surface area contributed by atoms with E-state index in [4.69, 9.17) is 4.74 Å². The normalized spacial score (nSPS) is 23.7. The first-order valence-electron chi connectivity index (χ1n) is 11.1. The number of amides is 1. The van der Waals surface area contributed by atoms with E-state index in [1.54, 1.807) is 17.2 Å². The molecule has 1 aromatic heterocycles. The van der Waals surface area contributed by atoms with Crippen molar-refractivity contribution in [3.05, 3.63) is 23.4 Å². The minimum absolute atomic E-state index is 0.0817. The molecule has 1 N–H and O–H groups in total. The van der Waals surface area contributed by atoms with Crippen LogP contribution in [0.15, 0.2) is 12.3 Å². The van der Waals surface area contributed by atoms with Gasteiger partial charge in [-0.25, -0.2) is 4.98 Å². The van der Waals surface area contributed by atoms with Gasteiger partial charge < -0.3 is 19.6 Å². The molecule has 0 spiro atoms. The zero-order valence-corrected chi connectivity index (χ0v) is 18.7. The van der Waals surface area contributed by atoms with Crippen LogP contribution >= 0.6 is 0 Å². The van der Waals surface area contributed by atoms with E-state index in [1.807, 2.05) is 21.0 Å². The highest BCUT2D eigenvalue weighted by atomic mass is 16.5. The number of hydrogen-bond acceptors (Lipinski definition) is 5. The first-order chi connectivity index (χ1) is 14.4. The number of hydrogen-bond donors (Lipinski definition) is 1. The van der Waals surface area contributed by atoms with Crippen LogP contribution in [0.4, 0.5) is 0 Å². The SMILES string of the molecule is C[C@H]1CN([C@@H](C)CO)C(=O)c2cc(C#CC3CCCCC3)cnc2O[C@@H]1CN(C)C. The molecule has 0 unspecified atom stereocenters. The summed E-state index contributed by atoms with van der Waals surface area (Å²) in [5, 5.41) is 9.72. The number of carbonyl (C=O) groups is 1. The molecule has 6 heteroatoms. The van der Waals surface area contributed by atoms with Crippen LogP contribution in [0.3, 0.4) is 0 Å². The van der Waals surface area contributed by atoms with Gasteiger partial charge in [0.05, 0.1) is 12.6 Å². The smallest absolute Gasteiger partial charge is 0.259 e. The number of ether oxygens (including phenoxy) is 1. The summed E-state index contributed by atoms with van der Waals surface area (Å²) in [7, 11) is 4.01. The van der Waals surface area contributed by atoms with Gasteiger partial charge in [0.25, 0.3) is 5.91 Å². The highest BCUT2D eigenvalue weighted by Crippen LogP contribution is 2.27. The maximum Gasteiger partial charge on any atom is 0.259 e. The summed E-state index contributed by atoms with van der Waals surface area (Å²) < 4.78 is 6.23. The van der Waals surface area contributed by atoms with Gasteiger partial charge in [-0.15, -0.1) is 0 Å². The minimum atomic E-state index is -0.275. The minimum Gasteiger partial charge on any atom is -0.472 e. The van der Waals surface area contributed by atoms with E-state index in [2.05, 4.69) is 28.6 Å². The van der Waals surface area contributed by atoms with Crippen molar-refractivity contribution < 1.29 is 14.6 Å². The molecule has 164 valence electrons. The van der Waals surface area contributed by atoms with Crippen molar-refractivity contribution in [1.29, 1.82) is 0 Å². The molecule has 1 amide bonds. The molecule has 0 radical (unpaired) electrons. The summed E-state index contributed by atoms with van der Waals surface area (Å²) in [5.74, 6) is 7.35. The maximum atomic E-state index is 13.4. The largest absolute Gasteiger partial charge is 0.472 e. The summed E-state index contributed by atoms with van der Waals surface area (Å²) in [5.41, 5.74) is 1.17. The Morgan fingerprint density at radius 1 is 1.33 bits per heavy atom. The van der Waals surface area contributed by atoms with Crippen molar-refractivity contribution in [3.8, 4) is 17.7 Å². The molecule has 3 atom stereocenters. The molecule has 3 rings (SSSR count). The third-order valence-corrected chi connectivity index (χ3v) is 6.09. The number of nitrogens with zero attached hydrogens (tertiary/aromatic N) is 3. The van der Waals surface area contributed by atoms with E-state index in [-0.39, 0.29) is 30.6 Å². The second kappa shape index (κ2) is 10.3. The number of pyridine rings is 1. The first-order valence-corrected chi connectivity index (χ1v) is 11.1. The average Bonchev–Trinajstić information content (AvgIpc) is 2.74. The highest BCUT2D eigenvalue weighted by Gasteiger charge is 2.33. The maximum absolute atomic E-state index is 13.4. The number of carbonyl (C=O) groups excluding carboxylic acids is 1. The summed E-state index contributed by atoms with van der Waals surface area (Å²) >= 11 is 0. The van der Waals surface area contributed by atoms with Gasteiger partial charge in [-0.2, -0.15) is 0 Å². The van der Waals surface area contributed by atoms with Crippen LogP contribution < -0.4 is 4.74 Å². The molecule has 0 aromatic carbocycles. The zero-order valence-electron chi connectivity index (χ0n) is 18.7. The Morgan fingerprint density at radius 2 is 2.07 bits per heavy atom. The lowest BCUT2D eigenvalue weighted by molar-refractivity contribution is 0.0348. The Kier molecular flexibility index (Phi) is 7.74. The molecular formula is C24H35N3O3. The third-order valence-electron chi connectivity index (χ3n) is 6.09. The van der Waals surface area contributed by atoms with E-state index < -0.39 is 0 Å². The van der Waals surface area contributed by atoms with Gasteiger partial charge in [0.1, 0.15) is 11.7 Å². The van der Waals surface area contributed by atoms with E-state index >= 15 is 0 Å². The fraction of sp³-hybridized carbons (Fsp3) is 0.667. The number of aromatic nitrogens is 1. The lowest BCUT2D eigenvalue weighted by atomic mass is 9.90. The van der Waals surface area contributed by atoms with Crippen LogP contribution in [0, 0.1) is 23.7 Å². The van der Waals surface area contributed by atoms with Gasteiger partial charge in [-0.05, 0) is 39.9 Å². The van der Waals surface area contributed by atoms with Gasteiger partial charge in [-0.3, -0.25) is 4.79 Å². The monoisotopic (exact) mass is 413 g/mol. The quantitative estimate of drug-likeness (QED) is 0.769. The fourth-order valence-electron chi connectivity index (χ4n) is 4.18. The standard InChI is InChI=1S/C24H35N3O3/c1-17-14-27(18(2)16-28)24(29)21-12-20(11-10-19-8-6-5-7-9-19)13-25-23(21)30-22(17)15-26(3)4/h12-13,17-19,22,28H,5-9,14-16H2,1-4H3/t17-,18-,22+/m0/s1. The lowest BCUT2D eigenvalue weighted by Gasteiger charge is -2.37. The van der Waals surface area contributed by atoms with Crippen molar-refractivity contribution >= 4 is 5.91 Å². The topological polar surface area (TPSA) is 65.9 Å². The van der Waals surface area contributed by atoms with E-state index in [0.717, 1.165) is 24.9 Å². The van der Waals surface area contributed by atoms with Gasteiger partial charge in [0.15, 0.2) is 0 Å². The van der Waals surface area contributed by atoms with Gasteiger partial charge in [0.2, 0.25) is 5.88 Å². The van der Waals surface area contributed by atoms with Crippen LogP contribution in [-0.4, -0.2) is 71.7 Å². The molecule has 6 nitrogen and oxygen atoms in total. The second-order valence-electron chi connectivity index (χ2n) is 9.07. The Balaban J connectivity index is 1.94. The van der Waals surface area contributed by atoms with Crippen LogP contribution in [-0.2, 0) is 0 Å². The summed E-state index contributed by atoms with van der Waals surface area (Å²) in [6.07, 6.45) is 7.70. The van der Waals surface area contributed by atoms with Crippen molar-refractivity contribution in [2.45, 2.75) is 58.1 Å². The van der Waals surface area contributed by atoms with Crippen molar-refractivity contribution in [1.82, 2.24) is 14.8 Å². The molecule has 0 bridgehead atoms. The molecule has 1 aliphatic carbocycles. The molecular weight excluding hydrogens is 378 g/mol. The van der Waals surface area contributed by atoms with Gasteiger partial charge in [-0.1, -0.05) is 38.0 Å². The Labute approximate surface area is 180 Å². The molecule has 1 aromatic rings. The molecule has 1 saturated carbocycles. The van der Waals surface area contributed by atoms with Crippen molar-refractivity contribution in [2.75, 3.05) is 33.8 Å². The van der Waals surface area contributed by atoms with Gasteiger partial charge in [0, 0.05) is 36.7 Å². The first kappa shape index (κ1) is 22.6. The predicted octanol–water partition coefficient (Wildman–Crippen LogP) is 2.80. The number of rotatable bonds is 4. The van der Waals surface area contributed by atoms with Crippen LogP contribution in [0.5, 0.6) is 5.88 Å². The summed E-state index contributed by atoms with van der Waals surface area (Å²) in [6, 6.07) is 1.53. The summed E-state index contributed by atoms with van der Waals surface area (Å²) in [4.78, 5) is 21.7. The lowest BCUT2D eigenvalue weighted by Crippen LogP contribution is -2.49. The zero-order chi connectivity index (χ0) is 21.7. The van der Waals surface area contributed by atoms with Crippen molar-refractivity contribution in [2.24, 2.45) is 11.8 Å². The predicted molar refractivity (Wildman–Crippen MR) is 117 cm³/mol. The Morgan fingerprint density at radius 3 is 2.73 bits per heavy atom. The third kappa shape index (κ3) is 5.53. The Hall–Kier alpha value is -2.10. The molecule has 0 saturated heterocycles. The highest BCUT2D eigenvalue weighted by molar-refractivity contribution is 5.97. The van der Waals surface area contributed by atoms with Crippen LogP contribution in [0.25, 0.3) is 0 Å². The van der Waals surface area contributed by atoms with Crippen LogP contribution in [0.2, 0.25) is 0 Å².